The summed E-state index contributed by atoms with van der Waals surface area (Å²) in [5, 5.41) is 0. The molecule has 1 heterocycles. The van der Waals surface area contributed by atoms with E-state index in [0.717, 1.165) is 11.3 Å². The summed E-state index contributed by atoms with van der Waals surface area (Å²) in [5.41, 5.74) is 1.96. The lowest BCUT2D eigenvalue weighted by Gasteiger charge is -2.39. The van der Waals surface area contributed by atoms with Crippen molar-refractivity contribution < 1.29 is 4.39 Å². The highest BCUT2D eigenvalue weighted by atomic mass is 32.1. The first-order valence-corrected chi connectivity index (χ1v) is 10.4. The van der Waals surface area contributed by atoms with Crippen molar-refractivity contribution in [3.8, 4) is 0 Å². The average Bonchev–Trinajstić information content (AvgIpc) is 2.93. The summed E-state index contributed by atoms with van der Waals surface area (Å²) in [6, 6.07) is 2.18. The number of thiophene rings is 1. The first-order valence-electron chi connectivity index (χ1n) is 9.62. The molecule has 0 saturated heterocycles. The van der Waals surface area contributed by atoms with Crippen LogP contribution in [-0.4, -0.2) is 0 Å². The van der Waals surface area contributed by atoms with Gasteiger partial charge in [0.2, 0.25) is 0 Å². The van der Waals surface area contributed by atoms with Crippen LogP contribution >= 0.6 is 11.3 Å². The Morgan fingerprint density at radius 2 is 1.76 bits per heavy atom. The topological polar surface area (TPSA) is 0 Å². The second-order valence-electron chi connectivity index (χ2n) is 8.84. The maximum absolute atomic E-state index is 13.7. The Hall–Kier alpha value is -0.890. The number of allylic oxidation sites excluding steroid dienone is 2. The van der Waals surface area contributed by atoms with Crippen LogP contribution in [0.2, 0.25) is 0 Å². The van der Waals surface area contributed by atoms with E-state index in [4.69, 9.17) is 0 Å². The van der Waals surface area contributed by atoms with Gasteiger partial charge in [0.25, 0.3) is 0 Å². The Labute approximate surface area is 159 Å². The summed E-state index contributed by atoms with van der Waals surface area (Å²) in [5.74, 6) is 0.268. The molecule has 0 bridgehead atoms. The van der Waals surface area contributed by atoms with Crippen LogP contribution in [0.4, 0.5) is 4.39 Å². The zero-order chi connectivity index (χ0) is 19.4. The molecule has 1 rings (SSSR count). The largest absolute Gasteiger partial charge is 0.207 e. The van der Waals surface area contributed by atoms with Gasteiger partial charge in [-0.15, -0.1) is 11.3 Å². The van der Waals surface area contributed by atoms with Gasteiger partial charge in [-0.25, -0.2) is 4.39 Å². The van der Waals surface area contributed by atoms with Gasteiger partial charge in [-0.2, -0.15) is 0 Å². The SMILES string of the molecule is C=C(F)C(=C)c1cc(CC(CC)CCCC)c(C(C)(C)C(C)(C)C)s1. The molecule has 1 atom stereocenters. The summed E-state index contributed by atoms with van der Waals surface area (Å²) in [7, 11) is 0. The lowest BCUT2D eigenvalue weighted by Crippen LogP contribution is -2.34. The van der Waals surface area contributed by atoms with Gasteiger partial charge >= 0.3 is 0 Å². The van der Waals surface area contributed by atoms with E-state index in [1.807, 2.05) is 0 Å². The van der Waals surface area contributed by atoms with Crippen molar-refractivity contribution in [3.63, 3.8) is 0 Å². The van der Waals surface area contributed by atoms with Gasteiger partial charge < -0.3 is 0 Å². The minimum Gasteiger partial charge on any atom is -0.207 e. The van der Waals surface area contributed by atoms with Crippen LogP contribution in [-0.2, 0) is 11.8 Å². The normalized spacial score (nSPS) is 13.8. The van der Waals surface area contributed by atoms with Crippen molar-refractivity contribution in [2.45, 2.75) is 86.0 Å². The highest BCUT2D eigenvalue weighted by Gasteiger charge is 2.38. The van der Waals surface area contributed by atoms with Crippen LogP contribution in [0.1, 0.15) is 89.5 Å². The minimum atomic E-state index is -0.425. The van der Waals surface area contributed by atoms with E-state index < -0.39 is 5.83 Å². The number of hydrogen-bond donors (Lipinski definition) is 0. The second-order valence-corrected chi connectivity index (χ2v) is 9.90. The molecule has 0 nitrogen and oxygen atoms in total. The van der Waals surface area contributed by atoms with Crippen molar-refractivity contribution in [2.75, 3.05) is 0 Å². The minimum absolute atomic E-state index is 0.0201. The Morgan fingerprint density at radius 1 is 1.16 bits per heavy atom. The van der Waals surface area contributed by atoms with Crippen molar-refractivity contribution in [1.29, 1.82) is 0 Å². The molecule has 0 spiro atoms. The molecule has 0 N–H and O–H groups in total. The molecule has 0 saturated carbocycles. The molecule has 0 aliphatic rings. The van der Waals surface area contributed by atoms with Crippen LogP contribution in [0.15, 0.2) is 25.1 Å². The molecule has 0 aromatic carbocycles. The van der Waals surface area contributed by atoms with E-state index in [0.29, 0.717) is 11.5 Å². The quantitative estimate of drug-likeness (QED) is 0.386. The van der Waals surface area contributed by atoms with E-state index in [-0.39, 0.29) is 10.8 Å². The third-order valence-corrected chi connectivity index (χ3v) is 7.49. The maximum atomic E-state index is 13.7. The Kier molecular flexibility index (Phi) is 7.68. The number of hydrogen-bond acceptors (Lipinski definition) is 1. The molecule has 0 radical (unpaired) electrons. The monoisotopic (exact) mass is 364 g/mol. The number of halogens is 1. The molecule has 142 valence electrons. The summed E-state index contributed by atoms with van der Waals surface area (Å²) < 4.78 is 13.7. The Bertz CT molecular complexity index is 598. The van der Waals surface area contributed by atoms with Crippen LogP contribution in [0.3, 0.4) is 0 Å². The molecule has 25 heavy (non-hydrogen) atoms. The zero-order valence-corrected chi connectivity index (χ0v) is 18.2. The van der Waals surface area contributed by atoms with E-state index in [1.54, 1.807) is 11.3 Å². The predicted molar refractivity (Wildman–Crippen MR) is 113 cm³/mol. The van der Waals surface area contributed by atoms with Gasteiger partial charge in [0, 0.05) is 20.7 Å². The molecule has 0 amide bonds. The fourth-order valence-corrected chi connectivity index (χ4v) is 4.48. The fraction of sp³-hybridized carbons (Fsp3) is 0.652. The van der Waals surface area contributed by atoms with Gasteiger partial charge in [0.1, 0.15) is 5.83 Å². The second kappa shape index (κ2) is 8.66. The molecule has 0 aliphatic heterocycles. The summed E-state index contributed by atoms with van der Waals surface area (Å²) in [6.45, 7) is 23.4. The third kappa shape index (κ3) is 5.29. The summed E-state index contributed by atoms with van der Waals surface area (Å²) in [4.78, 5) is 2.31. The smallest absolute Gasteiger partial charge is 0.124 e. The molecule has 1 aromatic rings. The first kappa shape index (κ1) is 22.2. The first-order chi connectivity index (χ1) is 11.5. The van der Waals surface area contributed by atoms with E-state index in [2.05, 4.69) is 67.7 Å². The third-order valence-electron chi connectivity index (χ3n) is 5.93. The molecule has 1 unspecified atom stereocenters. The fourth-order valence-electron chi connectivity index (χ4n) is 2.99. The molecule has 0 fully saturated rings. The van der Waals surface area contributed by atoms with Crippen LogP contribution in [0.5, 0.6) is 0 Å². The van der Waals surface area contributed by atoms with Crippen molar-refractivity contribution in [1.82, 2.24) is 0 Å². The molecular weight excluding hydrogens is 327 g/mol. The lowest BCUT2D eigenvalue weighted by molar-refractivity contribution is 0.228. The van der Waals surface area contributed by atoms with Crippen LogP contribution in [0.25, 0.3) is 5.57 Å². The van der Waals surface area contributed by atoms with Gasteiger partial charge in [-0.1, -0.05) is 87.3 Å². The number of rotatable bonds is 9. The Morgan fingerprint density at radius 3 is 2.20 bits per heavy atom. The van der Waals surface area contributed by atoms with Gasteiger partial charge in [-0.05, 0) is 29.4 Å². The van der Waals surface area contributed by atoms with Gasteiger partial charge in [0.15, 0.2) is 0 Å². The molecular formula is C23H37FS. The van der Waals surface area contributed by atoms with Crippen molar-refractivity contribution in [3.05, 3.63) is 40.4 Å². The highest BCUT2D eigenvalue weighted by molar-refractivity contribution is 7.13. The zero-order valence-electron chi connectivity index (χ0n) is 17.4. The van der Waals surface area contributed by atoms with Crippen LogP contribution in [0, 0.1) is 11.3 Å². The highest BCUT2D eigenvalue weighted by Crippen LogP contribution is 2.47. The molecule has 1 aromatic heterocycles. The van der Waals surface area contributed by atoms with Gasteiger partial charge in [0.05, 0.1) is 0 Å². The van der Waals surface area contributed by atoms with E-state index >= 15 is 0 Å². The molecule has 0 aliphatic carbocycles. The van der Waals surface area contributed by atoms with Crippen molar-refractivity contribution in [2.24, 2.45) is 11.3 Å². The average molecular weight is 365 g/mol. The molecule has 2 heteroatoms. The van der Waals surface area contributed by atoms with Crippen LogP contribution < -0.4 is 0 Å². The number of unbranched alkanes of at least 4 members (excludes halogenated alkanes) is 1. The Balaban J connectivity index is 3.33. The predicted octanol–water partition coefficient (Wildman–Crippen LogP) is 8.33. The van der Waals surface area contributed by atoms with Crippen molar-refractivity contribution >= 4 is 16.9 Å². The van der Waals surface area contributed by atoms with E-state index in [9.17, 15) is 4.39 Å². The van der Waals surface area contributed by atoms with E-state index in [1.165, 1.54) is 36.1 Å². The standard InChI is InChI=1S/C23H37FS/c1-10-12-13-18(11-2)14-19-15-20(16(3)17(4)24)25-21(19)23(8,9)22(5,6)7/h15,18H,3-4,10-14H2,1-2,5-9H3. The summed E-state index contributed by atoms with van der Waals surface area (Å²) >= 11 is 1.71. The summed E-state index contributed by atoms with van der Waals surface area (Å²) in [6.07, 6.45) is 6.06. The van der Waals surface area contributed by atoms with Gasteiger partial charge in [-0.3, -0.25) is 0 Å². The lowest BCUT2D eigenvalue weighted by atomic mass is 9.67. The maximum Gasteiger partial charge on any atom is 0.124 e.